The van der Waals surface area contributed by atoms with E-state index in [1.807, 2.05) is 82.5 Å². The molecule has 0 spiro atoms. The Balaban J connectivity index is 0.842. The molecule has 4 fully saturated rings. The summed E-state index contributed by atoms with van der Waals surface area (Å²) in [5.74, 6) is -2.83. The zero-order chi connectivity index (χ0) is 67.9. The Kier molecular flexibility index (Phi) is 25.5. The molecule has 95 heavy (non-hydrogen) atoms. The molecule has 9 rings (SSSR count). The Morgan fingerprint density at radius 2 is 1.13 bits per heavy atom. The maximum Gasteiger partial charge on any atom is 0.296 e. The zero-order valence-corrected chi connectivity index (χ0v) is 57.7. The van der Waals surface area contributed by atoms with E-state index in [0.717, 1.165) is 57.1 Å². The summed E-state index contributed by atoms with van der Waals surface area (Å²) in [4.78, 5) is 116. The highest BCUT2D eigenvalue weighted by molar-refractivity contribution is 7.98. The van der Waals surface area contributed by atoms with Gasteiger partial charge in [-0.15, -0.1) is 0 Å². The van der Waals surface area contributed by atoms with Crippen LogP contribution in [0.5, 0.6) is 0 Å². The average Bonchev–Trinajstić information content (AvgIpc) is 1.81. The number of fused-ring (bicyclic) bond motifs is 4. The van der Waals surface area contributed by atoms with Crippen molar-refractivity contribution in [1.82, 2.24) is 51.2 Å². The fourth-order valence-electron chi connectivity index (χ4n) is 13.9. The molecular formula is C70H98N10O13S2. The second-order valence-electron chi connectivity index (χ2n) is 26.2. The summed E-state index contributed by atoms with van der Waals surface area (Å²) in [6.07, 6.45) is 13.0. The number of carbonyl (C=O) groups is 7. The van der Waals surface area contributed by atoms with Crippen LogP contribution in [0.3, 0.4) is 0 Å². The Morgan fingerprint density at radius 1 is 0.589 bits per heavy atom. The van der Waals surface area contributed by atoms with E-state index in [-0.39, 0.29) is 66.9 Å². The number of piperidine rings is 2. The summed E-state index contributed by atoms with van der Waals surface area (Å²) in [6, 6.07) is 14.0. The lowest BCUT2D eigenvalue weighted by molar-refractivity contribution is -0.147. The number of benzene rings is 3. The molecule has 3 unspecified atom stereocenters. The van der Waals surface area contributed by atoms with E-state index in [1.54, 1.807) is 62.7 Å². The molecule has 0 bridgehead atoms. The van der Waals surface area contributed by atoms with Crippen molar-refractivity contribution >= 4 is 85.0 Å². The van der Waals surface area contributed by atoms with Crippen LogP contribution in [0.25, 0.3) is 21.8 Å². The van der Waals surface area contributed by atoms with Crippen molar-refractivity contribution in [1.29, 1.82) is 0 Å². The summed E-state index contributed by atoms with van der Waals surface area (Å²) >= 11 is 1.75. The van der Waals surface area contributed by atoms with Crippen molar-refractivity contribution in [3.05, 3.63) is 102 Å². The molecule has 23 nitrogen and oxygen atoms in total. The van der Waals surface area contributed by atoms with Crippen LogP contribution in [0.2, 0.25) is 0 Å². The van der Waals surface area contributed by atoms with Gasteiger partial charge >= 0.3 is 0 Å². The first-order valence-corrected chi connectivity index (χ1v) is 36.9. The maximum atomic E-state index is 14.7. The number of nitrogens with zero attached hydrogens (tertiary/aromatic N) is 4. The Labute approximate surface area is 562 Å². The number of rotatable bonds is 26. The van der Waals surface area contributed by atoms with E-state index in [9.17, 15) is 47.1 Å². The molecule has 25 heteroatoms. The second kappa shape index (κ2) is 33.7. The maximum absolute atomic E-state index is 14.7. The Bertz CT molecular complexity index is 3580. The first-order chi connectivity index (χ1) is 45.8. The zero-order valence-electron chi connectivity index (χ0n) is 56.0. The number of hydrogen-bond donors (Lipinski definition) is 7. The number of hydrogen-bond acceptors (Lipinski definition) is 15. The summed E-state index contributed by atoms with van der Waals surface area (Å²) in [5.41, 5.74) is 3.88. The van der Waals surface area contributed by atoms with Gasteiger partial charge in [0.25, 0.3) is 10.1 Å². The molecule has 0 radical (unpaired) electrons. The monoisotopic (exact) mass is 1350 g/mol. The highest BCUT2D eigenvalue weighted by atomic mass is 32.2. The van der Waals surface area contributed by atoms with Crippen molar-refractivity contribution < 1.29 is 60.9 Å². The van der Waals surface area contributed by atoms with Gasteiger partial charge in [-0.25, -0.2) is 0 Å². The van der Waals surface area contributed by atoms with Gasteiger partial charge in [-0.2, -0.15) is 29.6 Å². The molecule has 4 aliphatic heterocycles. The van der Waals surface area contributed by atoms with Gasteiger partial charge < -0.3 is 51.6 Å². The number of thioether (sulfide) groups is 1. The van der Waals surface area contributed by atoms with E-state index >= 15 is 0 Å². The van der Waals surface area contributed by atoms with Gasteiger partial charge in [0, 0.05) is 49.1 Å². The van der Waals surface area contributed by atoms with Gasteiger partial charge in [0.05, 0.1) is 34.6 Å². The molecule has 7 amide bonds. The normalized spacial score (nSPS) is 25.2. The van der Waals surface area contributed by atoms with Crippen LogP contribution in [0, 0.1) is 17.8 Å². The van der Waals surface area contributed by atoms with Gasteiger partial charge in [-0.05, 0) is 135 Å². The largest absolute Gasteiger partial charge is 0.417 e. The number of aromatic nitrogens is 2. The fraction of sp³-hybridized carbons (Fsp3) is 0.586. The van der Waals surface area contributed by atoms with E-state index in [2.05, 4.69) is 31.9 Å². The molecule has 0 saturated carbocycles. The molecule has 3 aromatic carbocycles. The van der Waals surface area contributed by atoms with Gasteiger partial charge in [0.2, 0.25) is 41.4 Å². The second-order valence-corrected chi connectivity index (χ2v) is 28.8. The molecule has 4 aliphatic rings. The lowest BCUT2D eigenvalue weighted by atomic mass is 9.85. The highest BCUT2D eigenvalue weighted by Gasteiger charge is 2.45. The summed E-state index contributed by atoms with van der Waals surface area (Å²) in [5, 5.41) is 32.4. The van der Waals surface area contributed by atoms with Crippen LogP contribution in [0.4, 0.5) is 0 Å². The summed E-state index contributed by atoms with van der Waals surface area (Å²) in [7, 11) is -1.13. The molecule has 518 valence electrons. The SMILES string of the molecule is CCC(C)[C@@H]1NC(=O)[C@H](Cc2cn(OC)c3ccccc23)NC(=O)[C@H](CCCCCSC)NC(=O)[C@H]2CCC(Cc3ccc(S(=O)(=O)OCCCCC[C@@H]4NC(=O)[C@H]5CCCCN5C(=O)[C@H]([C@H](C)CC)NC(=O)[C@H](Cc5cn(OC)c6ccccc56)NC4=O)cc3)CN2C1O. The standard InChI is InChI=1S/C70H98N10O13S2/c1-8-44(3)61-69(87)77-35-19-18-28-59(77)67(85)71-53(63(81)73-55(65(83)75-61)39-48-42-79(91-5)57-26-16-14-22-51(48)57)24-12-10-20-36-93-95(89,90)50-32-29-46(30-33-50)38-47-31-34-60-68(86)72-54(25-13-11-21-37-94-7)64(82)74-56(40-49-43-80(92-6)58-27-17-15-23-52(49)58)66(84)76-62(45(4)9-2)70(88)78(60)41-47/h14-17,22-23,26-27,29-30,32-33,42-45,47,53-56,59-62,70,88H,8-13,18-21,24-25,28,31,34-41H2,1-7H3,(H,71,85)(H,72,86)(H,73,81)(H,74,82)(H,75,83)(H,76,84)/t44-,45?,47?,53+,54+,55+,56+,59-,60-,61+,62+,70?/m1/s1. The minimum atomic E-state index is -4.21. The lowest BCUT2D eigenvalue weighted by Gasteiger charge is -2.45. The van der Waals surface area contributed by atoms with E-state index in [1.165, 1.54) is 19.2 Å². The van der Waals surface area contributed by atoms with Crippen LogP contribution >= 0.6 is 11.8 Å². The molecule has 4 saturated heterocycles. The average molecular weight is 1350 g/mol. The third kappa shape index (κ3) is 17.7. The molecule has 2 aromatic heterocycles. The van der Waals surface area contributed by atoms with Gasteiger partial charge in [-0.1, -0.05) is 115 Å². The number of para-hydroxylation sites is 2. The molecule has 0 aliphatic carbocycles. The number of aliphatic hydroxyl groups is 1. The minimum absolute atomic E-state index is 0.0402. The molecular weight excluding hydrogens is 1250 g/mol. The quantitative estimate of drug-likeness (QED) is 0.0257. The lowest BCUT2D eigenvalue weighted by Crippen LogP contribution is -2.66. The van der Waals surface area contributed by atoms with E-state index < -0.39 is 94.2 Å². The highest BCUT2D eigenvalue weighted by Crippen LogP contribution is 2.32. The van der Waals surface area contributed by atoms with Gasteiger partial charge in [0.1, 0.15) is 56.7 Å². The number of amides is 7. The third-order valence-electron chi connectivity index (χ3n) is 19.9. The Morgan fingerprint density at radius 3 is 1.69 bits per heavy atom. The predicted octanol–water partition coefficient (Wildman–Crippen LogP) is 5.74. The van der Waals surface area contributed by atoms with Gasteiger partial charge in [0.15, 0.2) is 0 Å². The molecule has 7 N–H and O–H groups in total. The van der Waals surface area contributed by atoms with E-state index in [4.69, 9.17) is 13.9 Å². The number of carbonyl (C=O) groups excluding carboxylic acids is 7. The van der Waals surface area contributed by atoms with Crippen LogP contribution in [-0.4, -0.2) is 175 Å². The molecule has 12 atom stereocenters. The fourth-order valence-corrected chi connectivity index (χ4v) is 15.4. The number of aliphatic hydroxyl groups excluding tert-OH is 1. The van der Waals surface area contributed by atoms with Crippen molar-refractivity contribution in [2.45, 2.75) is 203 Å². The summed E-state index contributed by atoms with van der Waals surface area (Å²) in [6.45, 7) is 8.18. The first kappa shape index (κ1) is 72.1. The topological polar surface area (TPSA) is 290 Å². The van der Waals surface area contributed by atoms with Crippen LogP contribution in [-0.2, 0) is 67.1 Å². The van der Waals surface area contributed by atoms with Gasteiger partial charge in [-0.3, -0.25) is 42.6 Å². The molecule has 6 heterocycles. The first-order valence-electron chi connectivity index (χ1n) is 34.1. The van der Waals surface area contributed by atoms with Crippen LogP contribution in [0.1, 0.15) is 141 Å². The van der Waals surface area contributed by atoms with Crippen molar-refractivity contribution in [2.24, 2.45) is 17.8 Å². The van der Waals surface area contributed by atoms with E-state index in [0.29, 0.717) is 90.0 Å². The predicted molar refractivity (Wildman–Crippen MR) is 364 cm³/mol. The molecule has 5 aromatic rings. The van der Waals surface area contributed by atoms with Crippen molar-refractivity contribution in [2.75, 3.05) is 45.9 Å². The van der Waals surface area contributed by atoms with Crippen molar-refractivity contribution in [3.63, 3.8) is 0 Å². The van der Waals surface area contributed by atoms with Crippen molar-refractivity contribution in [3.8, 4) is 0 Å². The Hall–Kier alpha value is -7.19. The number of unbranched alkanes of at least 4 members (excludes halogenated alkanes) is 4. The summed E-state index contributed by atoms with van der Waals surface area (Å²) < 4.78 is 36.1. The van der Waals surface area contributed by atoms with Crippen LogP contribution < -0.4 is 41.6 Å². The van der Waals surface area contributed by atoms with Crippen LogP contribution in [0.15, 0.2) is 90.1 Å². The third-order valence-corrected chi connectivity index (χ3v) is 21.9. The smallest absolute Gasteiger partial charge is 0.296 e. The number of nitrogens with one attached hydrogen (secondary N) is 6. The minimum Gasteiger partial charge on any atom is -0.417 e.